The molecule has 0 bridgehead atoms. The molecule has 2 aliphatic heterocycles. The summed E-state index contributed by atoms with van der Waals surface area (Å²) in [4.78, 5) is 21.0. The molecule has 3 heterocycles. The molecule has 1 aromatic carbocycles. The molecule has 0 spiro atoms. The molecule has 1 aromatic heterocycles. The van der Waals surface area contributed by atoms with E-state index in [0.717, 1.165) is 67.2 Å². The van der Waals surface area contributed by atoms with Gasteiger partial charge in [0.2, 0.25) is 0 Å². The van der Waals surface area contributed by atoms with Gasteiger partial charge in [0.25, 0.3) is 0 Å². The number of aryl methyl sites for hydroxylation is 2. The highest BCUT2D eigenvalue weighted by molar-refractivity contribution is 5.91. The van der Waals surface area contributed by atoms with Crippen molar-refractivity contribution >= 4 is 17.5 Å². The fourth-order valence-electron chi connectivity index (χ4n) is 3.95. The second kappa shape index (κ2) is 11.0. The summed E-state index contributed by atoms with van der Waals surface area (Å²) in [6.07, 6.45) is -2.01. The first-order valence-electron chi connectivity index (χ1n) is 11.3. The molecular weight excluding hydrogens is 452 g/mol. The average Bonchev–Trinajstić information content (AvgIpc) is 3.30. The Morgan fingerprint density at radius 2 is 1.65 bits per heavy atom. The summed E-state index contributed by atoms with van der Waals surface area (Å²) in [7, 11) is 0. The number of halogens is 4. The van der Waals surface area contributed by atoms with Gasteiger partial charge in [0, 0.05) is 38.8 Å². The molecule has 2 saturated heterocycles. The summed E-state index contributed by atoms with van der Waals surface area (Å²) in [6, 6.07) is 7.01. The Labute approximate surface area is 196 Å². The summed E-state index contributed by atoms with van der Waals surface area (Å²) in [5.41, 5.74) is 3.79. The van der Waals surface area contributed by atoms with Crippen LogP contribution in [0.5, 0.6) is 0 Å². The number of morpholine rings is 1. The topological polar surface area (TPSA) is 57.7 Å². The average molecular weight is 483 g/mol. The van der Waals surface area contributed by atoms with Crippen LogP contribution in [-0.2, 0) is 4.74 Å². The van der Waals surface area contributed by atoms with Crippen molar-refractivity contribution in [1.82, 2.24) is 9.88 Å². The Balaban J connectivity index is 0.000000588. The number of anilines is 2. The highest BCUT2D eigenvalue weighted by atomic mass is 19.4. The molecule has 4 rings (SSSR count). The van der Waals surface area contributed by atoms with Gasteiger partial charge in [0.15, 0.2) is 0 Å². The number of nitrogens with one attached hydrogen (secondary N) is 1. The molecule has 0 unspecified atom stereocenters. The van der Waals surface area contributed by atoms with E-state index in [0.29, 0.717) is 13.2 Å². The Hall–Kier alpha value is -2.88. The van der Waals surface area contributed by atoms with E-state index in [1.165, 1.54) is 6.07 Å². The van der Waals surface area contributed by atoms with Crippen molar-refractivity contribution in [2.24, 2.45) is 0 Å². The van der Waals surface area contributed by atoms with E-state index in [1.807, 2.05) is 26.0 Å². The minimum absolute atomic E-state index is 0.188. The Kier molecular flexibility index (Phi) is 8.35. The Morgan fingerprint density at radius 3 is 2.26 bits per heavy atom. The van der Waals surface area contributed by atoms with Crippen LogP contribution in [0.4, 0.5) is 33.9 Å². The van der Waals surface area contributed by atoms with Gasteiger partial charge in [-0.2, -0.15) is 13.2 Å². The summed E-state index contributed by atoms with van der Waals surface area (Å²) in [5, 5.41) is 2.75. The van der Waals surface area contributed by atoms with Gasteiger partial charge in [-0.3, -0.25) is 0 Å². The predicted octanol–water partition coefficient (Wildman–Crippen LogP) is 5.54. The molecule has 2 fully saturated rings. The molecule has 2 amide bonds. The van der Waals surface area contributed by atoms with Gasteiger partial charge in [-0.05, 0) is 67.6 Å². The number of amides is 2. The summed E-state index contributed by atoms with van der Waals surface area (Å²) < 4.78 is 51.1. The first-order valence-corrected chi connectivity index (χ1v) is 11.3. The molecule has 34 heavy (non-hydrogen) atoms. The summed E-state index contributed by atoms with van der Waals surface area (Å²) in [5.74, 6) is 0.479. The van der Waals surface area contributed by atoms with Crippen molar-refractivity contribution in [2.45, 2.75) is 39.8 Å². The van der Waals surface area contributed by atoms with Gasteiger partial charge in [-0.1, -0.05) is 0 Å². The van der Waals surface area contributed by atoms with E-state index in [9.17, 15) is 22.4 Å². The summed E-state index contributed by atoms with van der Waals surface area (Å²) >= 11 is 0. The zero-order valence-electron chi connectivity index (χ0n) is 19.6. The van der Waals surface area contributed by atoms with Crippen molar-refractivity contribution < 1.29 is 27.1 Å². The molecule has 0 aliphatic carbocycles. The highest BCUT2D eigenvalue weighted by Crippen LogP contribution is 2.32. The second-order valence-corrected chi connectivity index (χ2v) is 8.51. The fourth-order valence-corrected chi connectivity index (χ4v) is 3.95. The number of nitrogens with zero attached hydrogens (tertiary/aromatic N) is 3. The predicted molar refractivity (Wildman–Crippen MR) is 124 cm³/mol. The number of likely N-dealkylation sites (tertiary alicyclic amines) is 1. The lowest BCUT2D eigenvalue weighted by Gasteiger charge is -2.28. The highest BCUT2D eigenvalue weighted by Gasteiger charge is 2.20. The lowest BCUT2D eigenvalue weighted by atomic mass is 9.99. The van der Waals surface area contributed by atoms with Crippen LogP contribution in [0.1, 0.15) is 31.0 Å². The van der Waals surface area contributed by atoms with E-state index in [-0.39, 0.29) is 18.6 Å². The summed E-state index contributed by atoms with van der Waals surface area (Å²) in [6.45, 7) is 8.45. The monoisotopic (exact) mass is 482 g/mol. The first-order chi connectivity index (χ1) is 16.0. The molecule has 0 atom stereocenters. The van der Waals surface area contributed by atoms with Crippen LogP contribution in [0, 0.1) is 19.7 Å². The largest absolute Gasteiger partial charge is 0.386 e. The zero-order chi connectivity index (χ0) is 24.9. The van der Waals surface area contributed by atoms with Crippen molar-refractivity contribution in [3.05, 3.63) is 41.3 Å². The minimum Gasteiger partial charge on any atom is -0.378 e. The molecular formula is C24H30F4N4O2. The van der Waals surface area contributed by atoms with E-state index >= 15 is 0 Å². The van der Waals surface area contributed by atoms with Crippen molar-refractivity contribution in [1.29, 1.82) is 0 Å². The van der Waals surface area contributed by atoms with Crippen LogP contribution < -0.4 is 10.2 Å². The van der Waals surface area contributed by atoms with E-state index in [2.05, 4.69) is 15.2 Å². The van der Waals surface area contributed by atoms with Crippen LogP contribution in [0.2, 0.25) is 0 Å². The molecule has 0 saturated carbocycles. The molecule has 186 valence electrons. The normalized spacial score (nSPS) is 16.2. The van der Waals surface area contributed by atoms with Gasteiger partial charge in [0.05, 0.1) is 18.9 Å². The van der Waals surface area contributed by atoms with Crippen molar-refractivity contribution in [3.63, 3.8) is 0 Å². The maximum absolute atomic E-state index is 14.6. The number of ether oxygens (including phenoxy) is 1. The number of carbonyl (C=O) groups is 1. The van der Waals surface area contributed by atoms with Gasteiger partial charge in [-0.15, -0.1) is 0 Å². The lowest BCUT2D eigenvalue weighted by Crippen LogP contribution is -2.36. The molecule has 0 radical (unpaired) electrons. The molecule has 2 aromatic rings. The number of hydrogen-bond acceptors (Lipinski definition) is 4. The molecule has 10 heteroatoms. The van der Waals surface area contributed by atoms with E-state index in [4.69, 9.17) is 4.74 Å². The van der Waals surface area contributed by atoms with Crippen LogP contribution in [-0.4, -0.2) is 61.5 Å². The van der Waals surface area contributed by atoms with Crippen molar-refractivity contribution in [3.8, 4) is 11.1 Å². The maximum Gasteiger partial charge on any atom is 0.386 e. The number of alkyl halides is 3. The molecule has 2 aliphatic rings. The van der Waals surface area contributed by atoms with Gasteiger partial charge >= 0.3 is 12.2 Å². The van der Waals surface area contributed by atoms with Gasteiger partial charge < -0.3 is 19.9 Å². The second-order valence-electron chi connectivity index (χ2n) is 8.51. The smallest absolute Gasteiger partial charge is 0.378 e. The lowest BCUT2D eigenvalue weighted by molar-refractivity contribution is -0.110. The number of rotatable bonds is 3. The number of benzene rings is 1. The van der Waals surface area contributed by atoms with Crippen LogP contribution >= 0.6 is 0 Å². The van der Waals surface area contributed by atoms with E-state index < -0.39 is 12.0 Å². The first kappa shape index (κ1) is 25.7. The Bertz CT molecular complexity index is 995. The Morgan fingerprint density at radius 1 is 1.03 bits per heavy atom. The van der Waals surface area contributed by atoms with E-state index in [1.54, 1.807) is 11.0 Å². The standard InChI is InChI=1S/C22H27FN4O2.C2H3F3/c1-15-11-19(23)20(25-22(28)27-5-3-4-6-27)14-18(15)17-12-16(2)24-21(13-17)26-7-9-29-10-8-26;1-2(3,4)5/h11-14H,3-10H2,1-2H3,(H,25,28);1H3. The van der Waals surface area contributed by atoms with Crippen molar-refractivity contribution in [2.75, 3.05) is 49.6 Å². The number of carbonyl (C=O) groups excluding carboxylic acids is 1. The van der Waals surface area contributed by atoms with Gasteiger partial charge in [0.1, 0.15) is 11.6 Å². The third-order valence-corrected chi connectivity index (χ3v) is 5.53. The minimum atomic E-state index is -4.00. The molecule has 6 nitrogen and oxygen atoms in total. The zero-order valence-corrected chi connectivity index (χ0v) is 19.6. The van der Waals surface area contributed by atoms with Crippen LogP contribution in [0.25, 0.3) is 11.1 Å². The molecule has 1 N–H and O–H groups in total. The number of urea groups is 1. The number of hydrogen-bond donors (Lipinski definition) is 1. The van der Waals surface area contributed by atoms with Gasteiger partial charge in [-0.25, -0.2) is 14.2 Å². The quantitative estimate of drug-likeness (QED) is 0.584. The SMILES string of the molecule is CC(F)(F)F.Cc1cc(-c2cc(NC(=O)N3CCCC3)c(F)cc2C)cc(N2CCOCC2)n1. The van der Waals surface area contributed by atoms with Crippen LogP contribution in [0.3, 0.4) is 0 Å². The number of aromatic nitrogens is 1. The van der Waals surface area contributed by atoms with Crippen LogP contribution in [0.15, 0.2) is 24.3 Å². The number of pyridine rings is 1. The third kappa shape index (κ3) is 7.31. The maximum atomic E-state index is 14.6. The third-order valence-electron chi connectivity index (χ3n) is 5.53. The fraction of sp³-hybridized carbons (Fsp3) is 0.500.